The number of rotatable bonds is 6. The molecule has 1 aromatic rings. The van der Waals surface area contributed by atoms with Gasteiger partial charge in [-0.2, -0.15) is 0 Å². The first-order valence-electron chi connectivity index (χ1n) is 9.19. The molecule has 0 saturated carbocycles. The highest BCUT2D eigenvalue weighted by atomic mass is 16.5. The fourth-order valence-corrected chi connectivity index (χ4v) is 3.02. The van der Waals surface area contributed by atoms with Gasteiger partial charge in [-0.3, -0.25) is 9.59 Å². The van der Waals surface area contributed by atoms with Crippen molar-refractivity contribution in [3.63, 3.8) is 0 Å². The molecule has 0 radical (unpaired) electrons. The van der Waals surface area contributed by atoms with Crippen molar-refractivity contribution < 1.29 is 14.3 Å². The van der Waals surface area contributed by atoms with E-state index in [0.717, 1.165) is 24.2 Å². The van der Waals surface area contributed by atoms with Crippen LogP contribution in [0.4, 0.5) is 0 Å². The summed E-state index contributed by atoms with van der Waals surface area (Å²) in [5.74, 6) is 1.13. The monoisotopic (exact) mass is 346 g/mol. The highest BCUT2D eigenvalue weighted by molar-refractivity contribution is 5.80. The minimum atomic E-state index is -0.000222. The number of carbonyl (C=O) groups is 2. The minimum Gasteiger partial charge on any atom is -0.491 e. The van der Waals surface area contributed by atoms with Crippen LogP contribution >= 0.6 is 0 Å². The van der Waals surface area contributed by atoms with Crippen molar-refractivity contribution in [3.8, 4) is 5.75 Å². The Bertz CT molecular complexity index is 573. The fraction of sp³-hybridized carbons (Fsp3) is 0.600. The second-order valence-electron chi connectivity index (χ2n) is 7.28. The van der Waals surface area contributed by atoms with E-state index in [1.807, 2.05) is 56.9 Å². The van der Waals surface area contributed by atoms with Gasteiger partial charge in [-0.15, -0.1) is 0 Å². The average Bonchev–Trinajstić information content (AvgIpc) is 2.59. The first-order valence-corrected chi connectivity index (χ1v) is 9.19. The fourth-order valence-electron chi connectivity index (χ4n) is 3.02. The van der Waals surface area contributed by atoms with Crippen molar-refractivity contribution in [3.05, 3.63) is 29.8 Å². The van der Waals surface area contributed by atoms with E-state index in [9.17, 15) is 9.59 Å². The van der Waals surface area contributed by atoms with Crippen molar-refractivity contribution in [2.45, 2.75) is 53.2 Å². The molecule has 138 valence electrons. The average molecular weight is 346 g/mol. The maximum absolute atomic E-state index is 12.4. The maximum Gasteiger partial charge on any atom is 0.225 e. The van der Waals surface area contributed by atoms with Gasteiger partial charge in [0.2, 0.25) is 11.8 Å². The number of likely N-dealkylation sites (tertiary alicyclic amines) is 1. The van der Waals surface area contributed by atoms with Crippen LogP contribution in [0.25, 0.3) is 0 Å². The van der Waals surface area contributed by atoms with E-state index < -0.39 is 0 Å². The third-order valence-corrected chi connectivity index (χ3v) is 4.43. The van der Waals surface area contributed by atoms with Gasteiger partial charge in [-0.05, 0) is 44.4 Å². The number of benzene rings is 1. The molecule has 1 N–H and O–H groups in total. The lowest BCUT2D eigenvalue weighted by Gasteiger charge is -2.32. The predicted octanol–water partition coefficient (Wildman–Crippen LogP) is 2.98. The number of hydrogen-bond acceptors (Lipinski definition) is 3. The van der Waals surface area contributed by atoms with Gasteiger partial charge in [0.05, 0.1) is 6.10 Å². The lowest BCUT2D eigenvalue weighted by molar-refractivity contribution is -0.138. The summed E-state index contributed by atoms with van der Waals surface area (Å²) in [7, 11) is 0. The highest BCUT2D eigenvalue weighted by Gasteiger charge is 2.27. The highest BCUT2D eigenvalue weighted by Crippen LogP contribution is 2.19. The third-order valence-electron chi connectivity index (χ3n) is 4.43. The Labute approximate surface area is 150 Å². The summed E-state index contributed by atoms with van der Waals surface area (Å²) < 4.78 is 5.62. The Balaban J connectivity index is 1.76. The Morgan fingerprint density at radius 3 is 2.24 bits per heavy atom. The number of hydrogen-bond donors (Lipinski definition) is 1. The van der Waals surface area contributed by atoms with E-state index in [-0.39, 0.29) is 29.8 Å². The topological polar surface area (TPSA) is 58.6 Å². The quantitative estimate of drug-likeness (QED) is 0.861. The summed E-state index contributed by atoms with van der Waals surface area (Å²) >= 11 is 0. The van der Waals surface area contributed by atoms with Crippen LogP contribution in [0, 0.1) is 11.8 Å². The normalized spacial score (nSPS) is 15.5. The van der Waals surface area contributed by atoms with Gasteiger partial charge in [0.15, 0.2) is 0 Å². The van der Waals surface area contributed by atoms with E-state index in [1.165, 1.54) is 0 Å². The molecule has 1 saturated heterocycles. The molecule has 5 nitrogen and oxygen atoms in total. The molecule has 2 rings (SSSR count). The molecular formula is C20H30N2O3. The molecule has 0 bridgehead atoms. The number of piperidine rings is 1. The van der Waals surface area contributed by atoms with Crippen LogP contribution in [-0.4, -0.2) is 35.9 Å². The first kappa shape index (κ1) is 19.3. The molecule has 1 aliphatic rings. The molecule has 25 heavy (non-hydrogen) atoms. The molecule has 0 aliphatic carbocycles. The lowest BCUT2D eigenvalue weighted by atomic mass is 9.95. The van der Waals surface area contributed by atoms with Crippen LogP contribution in [-0.2, 0) is 16.1 Å². The summed E-state index contributed by atoms with van der Waals surface area (Å²) in [5, 5.41) is 3.01. The molecule has 0 atom stereocenters. The summed E-state index contributed by atoms with van der Waals surface area (Å²) in [6.45, 7) is 9.69. The van der Waals surface area contributed by atoms with Crippen LogP contribution < -0.4 is 10.1 Å². The van der Waals surface area contributed by atoms with Crippen LogP contribution in [0.2, 0.25) is 0 Å². The molecular weight excluding hydrogens is 316 g/mol. The standard InChI is InChI=1S/C20H30N2O3/c1-14(2)20(24)22-11-9-17(10-12-22)19(23)21-13-16-5-7-18(8-6-16)25-15(3)4/h5-8,14-15,17H,9-13H2,1-4H3,(H,21,23). The molecule has 1 heterocycles. The third kappa shape index (κ3) is 5.76. The number of nitrogens with zero attached hydrogens (tertiary/aromatic N) is 1. The van der Waals surface area contributed by atoms with E-state index in [1.54, 1.807) is 0 Å². The van der Waals surface area contributed by atoms with Crippen molar-refractivity contribution >= 4 is 11.8 Å². The van der Waals surface area contributed by atoms with Crippen LogP contribution in [0.3, 0.4) is 0 Å². The van der Waals surface area contributed by atoms with Gasteiger partial charge in [0.1, 0.15) is 5.75 Å². The summed E-state index contributed by atoms with van der Waals surface area (Å²) in [5.41, 5.74) is 1.05. The van der Waals surface area contributed by atoms with Gasteiger partial charge in [-0.25, -0.2) is 0 Å². The van der Waals surface area contributed by atoms with E-state index in [0.29, 0.717) is 19.6 Å². The van der Waals surface area contributed by atoms with E-state index in [2.05, 4.69) is 5.32 Å². The first-order chi connectivity index (χ1) is 11.9. The SMILES string of the molecule is CC(C)Oc1ccc(CNC(=O)C2CCN(C(=O)C(C)C)CC2)cc1. The number of nitrogens with one attached hydrogen (secondary N) is 1. The second-order valence-corrected chi connectivity index (χ2v) is 7.28. The molecule has 1 aliphatic heterocycles. The minimum absolute atomic E-state index is 0.000222. The summed E-state index contributed by atoms with van der Waals surface area (Å²) in [4.78, 5) is 26.2. The zero-order valence-electron chi connectivity index (χ0n) is 15.7. The molecule has 0 aromatic heterocycles. The van der Waals surface area contributed by atoms with E-state index in [4.69, 9.17) is 4.74 Å². The van der Waals surface area contributed by atoms with Crippen molar-refractivity contribution in [2.24, 2.45) is 11.8 Å². The Morgan fingerprint density at radius 2 is 1.72 bits per heavy atom. The molecule has 0 spiro atoms. The van der Waals surface area contributed by atoms with Crippen LogP contribution in [0.15, 0.2) is 24.3 Å². The Hall–Kier alpha value is -2.04. The van der Waals surface area contributed by atoms with Crippen LogP contribution in [0.1, 0.15) is 46.1 Å². The van der Waals surface area contributed by atoms with E-state index >= 15 is 0 Å². The van der Waals surface area contributed by atoms with Gasteiger partial charge >= 0.3 is 0 Å². The number of ether oxygens (including phenoxy) is 1. The molecule has 2 amide bonds. The molecule has 1 fully saturated rings. The number of carbonyl (C=O) groups excluding carboxylic acids is 2. The van der Waals surface area contributed by atoms with Gasteiger partial charge in [0, 0.05) is 31.5 Å². The Morgan fingerprint density at radius 1 is 1.12 bits per heavy atom. The van der Waals surface area contributed by atoms with Crippen LogP contribution in [0.5, 0.6) is 5.75 Å². The summed E-state index contributed by atoms with van der Waals surface area (Å²) in [6, 6.07) is 7.80. The predicted molar refractivity (Wildman–Crippen MR) is 98.2 cm³/mol. The van der Waals surface area contributed by atoms with Gasteiger partial charge < -0.3 is 15.0 Å². The van der Waals surface area contributed by atoms with Gasteiger partial charge in [0.25, 0.3) is 0 Å². The largest absolute Gasteiger partial charge is 0.491 e. The van der Waals surface area contributed by atoms with Gasteiger partial charge in [-0.1, -0.05) is 26.0 Å². The van der Waals surface area contributed by atoms with Crippen molar-refractivity contribution in [2.75, 3.05) is 13.1 Å². The summed E-state index contributed by atoms with van der Waals surface area (Å²) in [6.07, 6.45) is 1.63. The molecule has 1 aromatic carbocycles. The maximum atomic E-state index is 12.4. The van der Waals surface area contributed by atoms with Crippen molar-refractivity contribution in [1.29, 1.82) is 0 Å². The Kier molecular flexibility index (Phi) is 6.85. The molecule has 0 unspecified atom stereocenters. The lowest BCUT2D eigenvalue weighted by Crippen LogP contribution is -2.44. The smallest absolute Gasteiger partial charge is 0.225 e. The van der Waals surface area contributed by atoms with Crippen molar-refractivity contribution in [1.82, 2.24) is 10.2 Å². The molecule has 5 heteroatoms. The zero-order valence-corrected chi connectivity index (χ0v) is 15.7. The second kappa shape index (κ2) is 8.88. The number of amides is 2. The zero-order chi connectivity index (χ0) is 18.4.